The lowest BCUT2D eigenvalue weighted by Crippen LogP contribution is -2.40. The van der Waals surface area contributed by atoms with Crippen molar-refractivity contribution in [3.05, 3.63) is 36.4 Å². The molecule has 2 fully saturated rings. The standard InChI is InChI=1S/C19H21NO5/c1-11(2)24-18(22)15-14-8-9-19(25-14)10-20(17(21)16(15)19)12-6-4-5-7-13(12)23-3/h4-9,11,14-16H,10H2,1-3H3/t14-,15-,16-,19+/m0/s1. The molecule has 6 nitrogen and oxygen atoms in total. The van der Waals surface area contributed by atoms with Crippen LogP contribution in [-0.2, 0) is 19.1 Å². The monoisotopic (exact) mass is 343 g/mol. The van der Waals surface area contributed by atoms with Crippen LogP contribution in [0.2, 0.25) is 0 Å². The molecule has 0 unspecified atom stereocenters. The largest absolute Gasteiger partial charge is 0.495 e. The average Bonchev–Trinajstić information content (AvgIpc) is 3.22. The Morgan fingerprint density at radius 2 is 2.12 bits per heavy atom. The molecule has 0 aliphatic carbocycles. The quantitative estimate of drug-likeness (QED) is 0.617. The van der Waals surface area contributed by atoms with Crippen molar-refractivity contribution in [1.29, 1.82) is 0 Å². The lowest BCUT2D eigenvalue weighted by atomic mass is 9.77. The number of nitrogens with zero attached hydrogens (tertiary/aromatic N) is 1. The van der Waals surface area contributed by atoms with E-state index in [0.717, 1.165) is 0 Å². The predicted octanol–water partition coefficient (Wildman–Crippen LogP) is 1.93. The van der Waals surface area contributed by atoms with Gasteiger partial charge in [-0.05, 0) is 26.0 Å². The van der Waals surface area contributed by atoms with Gasteiger partial charge in [0.05, 0.1) is 37.5 Å². The highest BCUT2D eigenvalue weighted by atomic mass is 16.6. The third kappa shape index (κ3) is 2.28. The number of hydrogen-bond acceptors (Lipinski definition) is 5. The van der Waals surface area contributed by atoms with Crippen LogP contribution < -0.4 is 9.64 Å². The van der Waals surface area contributed by atoms with Gasteiger partial charge >= 0.3 is 5.97 Å². The SMILES string of the molecule is COc1ccccc1N1C[C@@]23C=C[C@H](O2)[C@H](C(=O)OC(C)C)[C@H]3C1=O. The van der Waals surface area contributed by atoms with Gasteiger partial charge in [0.2, 0.25) is 5.91 Å². The summed E-state index contributed by atoms with van der Waals surface area (Å²) in [5, 5.41) is 0. The zero-order valence-corrected chi connectivity index (χ0v) is 14.5. The van der Waals surface area contributed by atoms with Crippen LogP contribution in [0.15, 0.2) is 36.4 Å². The first-order valence-electron chi connectivity index (χ1n) is 8.49. The van der Waals surface area contributed by atoms with E-state index in [-0.39, 0.29) is 24.1 Å². The maximum atomic E-state index is 13.2. The number of esters is 1. The van der Waals surface area contributed by atoms with Gasteiger partial charge in [-0.3, -0.25) is 9.59 Å². The number of methoxy groups -OCH3 is 1. The highest BCUT2D eigenvalue weighted by Crippen LogP contribution is 2.53. The molecule has 3 aliphatic rings. The van der Waals surface area contributed by atoms with Gasteiger partial charge in [-0.25, -0.2) is 0 Å². The Labute approximate surface area is 146 Å². The van der Waals surface area contributed by atoms with Crippen LogP contribution in [0, 0.1) is 11.8 Å². The van der Waals surface area contributed by atoms with E-state index in [9.17, 15) is 9.59 Å². The van der Waals surface area contributed by atoms with Crippen molar-refractivity contribution in [3.8, 4) is 5.75 Å². The summed E-state index contributed by atoms with van der Waals surface area (Å²) in [5.74, 6) is -1.03. The number of rotatable bonds is 4. The molecule has 0 radical (unpaired) electrons. The lowest BCUT2D eigenvalue weighted by Gasteiger charge is -2.23. The number of benzene rings is 1. The fourth-order valence-electron chi connectivity index (χ4n) is 4.13. The van der Waals surface area contributed by atoms with Crippen molar-refractivity contribution in [2.75, 3.05) is 18.6 Å². The van der Waals surface area contributed by atoms with Crippen LogP contribution in [0.3, 0.4) is 0 Å². The second-order valence-corrected chi connectivity index (χ2v) is 6.98. The van der Waals surface area contributed by atoms with E-state index < -0.39 is 17.4 Å². The minimum atomic E-state index is -0.761. The molecule has 0 N–H and O–H groups in total. The summed E-state index contributed by atoms with van der Waals surface area (Å²) < 4.78 is 16.8. The van der Waals surface area contributed by atoms with Gasteiger partial charge < -0.3 is 19.1 Å². The number of carbonyl (C=O) groups excluding carboxylic acids is 2. The zero-order chi connectivity index (χ0) is 17.8. The third-order valence-corrected chi connectivity index (χ3v) is 5.10. The number of ether oxygens (including phenoxy) is 3. The zero-order valence-electron chi connectivity index (χ0n) is 14.5. The van der Waals surface area contributed by atoms with E-state index in [0.29, 0.717) is 18.0 Å². The molecule has 4 rings (SSSR count). The molecule has 1 spiro atoms. The van der Waals surface area contributed by atoms with Crippen molar-refractivity contribution in [1.82, 2.24) is 0 Å². The summed E-state index contributed by atoms with van der Waals surface area (Å²) in [6, 6.07) is 7.36. The molecule has 3 aliphatic heterocycles. The van der Waals surface area contributed by atoms with Crippen LogP contribution in [0.1, 0.15) is 13.8 Å². The van der Waals surface area contributed by atoms with Crippen LogP contribution >= 0.6 is 0 Å². The van der Waals surface area contributed by atoms with Gasteiger partial charge in [-0.15, -0.1) is 0 Å². The molecule has 1 aromatic rings. The molecule has 2 saturated heterocycles. The van der Waals surface area contributed by atoms with Gasteiger partial charge in [0.15, 0.2) is 0 Å². The number of amides is 1. The summed E-state index contributed by atoms with van der Waals surface area (Å²) in [6.07, 6.45) is 3.18. The normalized spacial score (nSPS) is 32.4. The molecule has 0 saturated carbocycles. The highest BCUT2D eigenvalue weighted by molar-refractivity contribution is 6.03. The summed E-state index contributed by atoms with van der Waals surface area (Å²) in [4.78, 5) is 27.4. The molecule has 1 amide bonds. The first-order valence-corrected chi connectivity index (χ1v) is 8.49. The molecule has 2 bridgehead atoms. The van der Waals surface area contributed by atoms with Crippen molar-refractivity contribution in [3.63, 3.8) is 0 Å². The topological polar surface area (TPSA) is 65.1 Å². The predicted molar refractivity (Wildman–Crippen MR) is 90.3 cm³/mol. The summed E-state index contributed by atoms with van der Waals surface area (Å²) >= 11 is 0. The van der Waals surface area contributed by atoms with Gasteiger partial charge in [-0.1, -0.05) is 24.3 Å². The van der Waals surface area contributed by atoms with E-state index in [2.05, 4.69) is 0 Å². The smallest absolute Gasteiger partial charge is 0.313 e. The number of para-hydroxylation sites is 2. The van der Waals surface area contributed by atoms with Gasteiger partial charge in [-0.2, -0.15) is 0 Å². The fraction of sp³-hybridized carbons (Fsp3) is 0.474. The second kappa shape index (κ2) is 5.59. The molecule has 3 heterocycles. The highest BCUT2D eigenvalue weighted by Gasteiger charge is 2.67. The van der Waals surface area contributed by atoms with Crippen molar-refractivity contribution in [2.24, 2.45) is 11.8 Å². The Bertz CT molecular complexity index is 758. The molecule has 25 heavy (non-hydrogen) atoms. The van der Waals surface area contributed by atoms with E-state index in [1.807, 2.05) is 36.4 Å². The first-order chi connectivity index (χ1) is 12.0. The van der Waals surface area contributed by atoms with E-state index in [4.69, 9.17) is 14.2 Å². The number of carbonyl (C=O) groups is 2. The van der Waals surface area contributed by atoms with Crippen LogP contribution in [0.25, 0.3) is 0 Å². The minimum Gasteiger partial charge on any atom is -0.495 e. The van der Waals surface area contributed by atoms with Gasteiger partial charge in [0, 0.05) is 0 Å². The van der Waals surface area contributed by atoms with E-state index in [1.165, 1.54) is 0 Å². The Morgan fingerprint density at radius 1 is 1.36 bits per heavy atom. The number of fused-ring (bicyclic) bond motifs is 1. The van der Waals surface area contributed by atoms with Crippen molar-refractivity contribution in [2.45, 2.75) is 31.7 Å². The minimum absolute atomic E-state index is 0.123. The Kier molecular flexibility index (Phi) is 3.61. The molecule has 0 aromatic heterocycles. The van der Waals surface area contributed by atoms with Crippen LogP contribution in [0.4, 0.5) is 5.69 Å². The molecular formula is C19H21NO5. The Hall–Kier alpha value is -2.34. The Balaban J connectivity index is 1.69. The van der Waals surface area contributed by atoms with E-state index in [1.54, 1.807) is 25.9 Å². The van der Waals surface area contributed by atoms with Crippen LogP contribution in [-0.4, -0.2) is 43.3 Å². The maximum Gasteiger partial charge on any atom is 0.313 e. The molecular weight excluding hydrogens is 322 g/mol. The molecule has 4 atom stereocenters. The molecule has 6 heteroatoms. The van der Waals surface area contributed by atoms with E-state index >= 15 is 0 Å². The average molecular weight is 343 g/mol. The lowest BCUT2D eigenvalue weighted by molar-refractivity contribution is -0.156. The van der Waals surface area contributed by atoms with Gasteiger partial charge in [0.25, 0.3) is 0 Å². The number of anilines is 1. The van der Waals surface area contributed by atoms with Crippen LogP contribution in [0.5, 0.6) is 5.75 Å². The first kappa shape index (κ1) is 16.1. The number of hydrogen-bond donors (Lipinski definition) is 0. The summed E-state index contributed by atoms with van der Waals surface area (Å²) in [7, 11) is 1.57. The van der Waals surface area contributed by atoms with Crippen molar-refractivity contribution < 1.29 is 23.8 Å². The van der Waals surface area contributed by atoms with Gasteiger partial charge in [0.1, 0.15) is 17.3 Å². The molecule has 132 valence electrons. The summed E-state index contributed by atoms with van der Waals surface area (Å²) in [6.45, 7) is 3.97. The van der Waals surface area contributed by atoms with Crippen molar-refractivity contribution >= 4 is 17.6 Å². The fourth-order valence-corrected chi connectivity index (χ4v) is 4.13. The third-order valence-electron chi connectivity index (χ3n) is 5.10. The maximum absolute atomic E-state index is 13.2. The second-order valence-electron chi connectivity index (χ2n) is 6.98. The Morgan fingerprint density at radius 3 is 2.84 bits per heavy atom. The molecule has 1 aromatic carbocycles. The summed E-state index contributed by atoms with van der Waals surface area (Å²) in [5.41, 5.74) is -0.0706.